The lowest BCUT2D eigenvalue weighted by molar-refractivity contribution is -0.384. The Morgan fingerprint density at radius 3 is 2.32 bits per heavy atom. The number of amides is 1. The minimum absolute atomic E-state index is 0.102. The van der Waals surface area contributed by atoms with Crippen molar-refractivity contribution < 1.29 is 19.2 Å². The first kappa shape index (κ1) is 18.1. The van der Waals surface area contributed by atoms with Gasteiger partial charge in [0.05, 0.1) is 12.0 Å². The number of nitro benzene ring substituents is 1. The van der Waals surface area contributed by atoms with E-state index in [9.17, 15) is 19.7 Å². The second kappa shape index (κ2) is 8.05. The van der Waals surface area contributed by atoms with Crippen LogP contribution in [0.15, 0.2) is 48.5 Å². The van der Waals surface area contributed by atoms with E-state index in [4.69, 9.17) is 0 Å². The topological polar surface area (TPSA) is 89.8 Å². The molecule has 0 aliphatic carbocycles. The number of carbonyl (C=O) groups is 2. The fourth-order valence-corrected chi connectivity index (χ4v) is 2.32. The van der Waals surface area contributed by atoms with Crippen LogP contribution in [0.25, 0.3) is 0 Å². The lowest BCUT2D eigenvalue weighted by atomic mass is 10.1. The molecule has 0 aliphatic rings. The van der Waals surface area contributed by atoms with Gasteiger partial charge in [0.15, 0.2) is 0 Å². The van der Waals surface area contributed by atoms with Crippen molar-refractivity contribution in [2.24, 2.45) is 0 Å². The summed E-state index contributed by atoms with van der Waals surface area (Å²) < 4.78 is 4.66. The van der Waals surface area contributed by atoms with Crippen molar-refractivity contribution in [3.8, 4) is 0 Å². The first-order valence-electron chi connectivity index (χ1n) is 7.57. The number of carbonyl (C=O) groups excluding carboxylic acids is 2. The number of nitrogens with zero attached hydrogens (tertiary/aromatic N) is 2. The lowest BCUT2D eigenvalue weighted by Crippen LogP contribution is -2.36. The van der Waals surface area contributed by atoms with Gasteiger partial charge in [-0.1, -0.05) is 24.3 Å². The molecular formula is C18H18N2O5. The first-order chi connectivity index (χ1) is 11.9. The van der Waals surface area contributed by atoms with Gasteiger partial charge in [-0.3, -0.25) is 19.7 Å². The zero-order valence-corrected chi connectivity index (χ0v) is 14.0. The summed E-state index contributed by atoms with van der Waals surface area (Å²) in [6, 6.07) is 12.8. The highest BCUT2D eigenvalue weighted by molar-refractivity contribution is 5.96. The summed E-state index contributed by atoms with van der Waals surface area (Å²) in [6.45, 7) is 1.94. The molecule has 7 nitrogen and oxygen atoms in total. The highest BCUT2D eigenvalue weighted by Gasteiger charge is 2.21. The molecule has 7 heteroatoms. The van der Waals surface area contributed by atoms with Crippen LogP contribution in [0.3, 0.4) is 0 Å². The van der Waals surface area contributed by atoms with Gasteiger partial charge in [0, 0.05) is 24.2 Å². The van der Waals surface area contributed by atoms with Crippen LogP contribution in [0.4, 0.5) is 5.69 Å². The Hall–Kier alpha value is -3.22. The molecular weight excluding hydrogens is 324 g/mol. The van der Waals surface area contributed by atoms with Crippen molar-refractivity contribution in [1.82, 2.24) is 4.90 Å². The van der Waals surface area contributed by atoms with Gasteiger partial charge in [-0.25, -0.2) is 0 Å². The van der Waals surface area contributed by atoms with Gasteiger partial charge in [-0.05, 0) is 30.2 Å². The van der Waals surface area contributed by atoms with Crippen molar-refractivity contribution in [3.63, 3.8) is 0 Å². The van der Waals surface area contributed by atoms with Gasteiger partial charge in [0.1, 0.15) is 6.54 Å². The lowest BCUT2D eigenvalue weighted by Gasteiger charge is -2.22. The standard InChI is InChI=1S/C18H18N2O5/c1-13-5-3-4-6-15(13)11-19(12-17(21)25-2)18(22)14-7-9-16(10-8-14)20(23)24/h3-10H,11-12H2,1-2H3. The van der Waals surface area contributed by atoms with E-state index >= 15 is 0 Å². The molecule has 2 aromatic rings. The van der Waals surface area contributed by atoms with Gasteiger partial charge in [-0.2, -0.15) is 0 Å². The fourth-order valence-electron chi connectivity index (χ4n) is 2.32. The number of hydrogen-bond acceptors (Lipinski definition) is 5. The molecule has 0 N–H and O–H groups in total. The summed E-state index contributed by atoms with van der Waals surface area (Å²) in [4.78, 5) is 36.0. The number of esters is 1. The average molecular weight is 342 g/mol. The summed E-state index contributed by atoms with van der Waals surface area (Å²) >= 11 is 0. The molecule has 130 valence electrons. The van der Waals surface area contributed by atoms with Crippen LogP contribution in [0, 0.1) is 17.0 Å². The molecule has 0 fully saturated rings. The van der Waals surface area contributed by atoms with E-state index in [0.717, 1.165) is 11.1 Å². The van der Waals surface area contributed by atoms with Crippen LogP contribution in [-0.2, 0) is 16.1 Å². The maximum atomic E-state index is 12.7. The number of methoxy groups -OCH3 is 1. The van der Waals surface area contributed by atoms with E-state index in [-0.39, 0.29) is 24.3 Å². The van der Waals surface area contributed by atoms with Gasteiger partial charge in [0.2, 0.25) is 0 Å². The largest absolute Gasteiger partial charge is 0.468 e. The number of non-ortho nitro benzene ring substituents is 1. The Morgan fingerprint density at radius 1 is 1.12 bits per heavy atom. The van der Waals surface area contributed by atoms with Gasteiger partial charge in [-0.15, -0.1) is 0 Å². The molecule has 0 bridgehead atoms. The Balaban J connectivity index is 2.27. The van der Waals surface area contributed by atoms with Gasteiger partial charge < -0.3 is 9.64 Å². The molecule has 0 heterocycles. The van der Waals surface area contributed by atoms with Crippen LogP contribution in [0.5, 0.6) is 0 Å². The van der Waals surface area contributed by atoms with Crippen LogP contribution in [0.1, 0.15) is 21.5 Å². The zero-order valence-electron chi connectivity index (χ0n) is 14.0. The normalized spacial score (nSPS) is 10.2. The Kier molecular flexibility index (Phi) is 5.84. The molecule has 0 saturated carbocycles. The van der Waals surface area contributed by atoms with Gasteiger partial charge in [0.25, 0.3) is 11.6 Å². The zero-order chi connectivity index (χ0) is 18.4. The van der Waals surface area contributed by atoms with E-state index in [1.165, 1.54) is 36.3 Å². The minimum atomic E-state index is -0.538. The third-order valence-electron chi connectivity index (χ3n) is 3.78. The van der Waals surface area contributed by atoms with Crippen LogP contribution in [-0.4, -0.2) is 35.4 Å². The average Bonchev–Trinajstić information content (AvgIpc) is 2.62. The molecule has 0 radical (unpaired) electrons. The molecule has 0 aliphatic heterocycles. The van der Waals surface area contributed by atoms with Crippen LogP contribution in [0.2, 0.25) is 0 Å². The highest BCUT2D eigenvalue weighted by Crippen LogP contribution is 2.16. The maximum Gasteiger partial charge on any atom is 0.325 e. The summed E-state index contributed by atoms with van der Waals surface area (Å²) in [6.07, 6.45) is 0. The third-order valence-corrected chi connectivity index (χ3v) is 3.78. The number of nitro groups is 1. The van der Waals surface area contributed by atoms with Crippen molar-refractivity contribution in [2.45, 2.75) is 13.5 Å². The van der Waals surface area contributed by atoms with E-state index < -0.39 is 16.8 Å². The molecule has 0 saturated heterocycles. The molecule has 25 heavy (non-hydrogen) atoms. The van der Waals surface area contributed by atoms with Crippen molar-refractivity contribution in [3.05, 3.63) is 75.3 Å². The minimum Gasteiger partial charge on any atom is -0.468 e. The predicted molar refractivity (Wildman–Crippen MR) is 91.0 cm³/mol. The fraction of sp³-hybridized carbons (Fsp3) is 0.222. The molecule has 0 unspecified atom stereocenters. The SMILES string of the molecule is COC(=O)CN(Cc1ccccc1C)C(=O)c1ccc([N+](=O)[O-])cc1. The molecule has 1 amide bonds. The highest BCUT2D eigenvalue weighted by atomic mass is 16.6. The predicted octanol–water partition coefficient (Wildman–Crippen LogP) is 2.72. The second-order valence-electron chi connectivity index (χ2n) is 5.47. The van der Waals surface area contributed by atoms with Crippen molar-refractivity contribution >= 4 is 17.6 Å². The summed E-state index contributed by atoms with van der Waals surface area (Å²) in [5.41, 5.74) is 2.06. The summed E-state index contributed by atoms with van der Waals surface area (Å²) in [5, 5.41) is 10.7. The number of benzene rings is 2. The first-order valence-corrected chi connectivity index (χ1v) is 7.57. The summed E-state index contributed by atoms with van der Waals surface area (Å²) in [7, 11) is 1.25. The van der Waals surface area contributed by atoms with Crippen LogP contribution >= 0.6 is 0 Å². The molecule has 0 spiro atoms. The number of aryl methyl sites for hydroxylation is 1. The second-order valence-corrected chi connectivity index (χ2v) is 5.47. The molecule has 0 aromatic heterocycles. The number of hydrogen-bond donors (Lipinski definition) is 0. The van der Waals surface area contributed by atoms with E-state index in [0.29, 0.717) is 0 Å². The quantitative estimate of drug-likeness (QED) is 0.457. The van der Waals surface area contributed by atoms with Crippen molar-refractivity contribution in [1.29, 1.82) is 0 Å². The molecule has 2 aromatic carbocycles. The Bertz CT molecular complexity index is 786. The van der Waals surface area contributed by atoms with Crippen molar-refractivity contribution in [2.75, 3.05) is 13.7 Å². The third kappa shape index (κ3) is 4.63. The Morgan fingerprint density at radius 2 is 1.76 bits per heavy atom. The maximum absolute atomic E-state index is 12.7. The Labute approximate surface area is 145 Å². The smallest absolute Gasteiger partial charge is 0.325 e. The number of rotatable bonds is 6. The van der Waals surface area contributed by atoms with E-state index in [2.05, 4.69) is 4.74 Å². The summed E-state index contributed by atoms with van der Waals surface area (Å²) in [5.74, 6) is -0.938. The molecule has 2 rings (SSSR count). The molecule has 0 atom stereocenters. The van der Waals surface area contributed by atoms with E-state index in [1.54, 1.807) is 0 Å². The van der Waals surface area contributed by atoms with Gasteiger partial charge >= 0.3 is 5.97 Å². The van der Waals surface area contributed by atoms with E-state index in [1.807, 2.05) is 31.2 Å². The van der Waals surface area contributed by atoms with Crippen LogP contribution < -0.4 is 0 Å². The number of ether oxygens (including phenoxy) is 1. The monoisotopic (exact) mass is 342 g/mol.